The van der Waals surface area contributed by atoms with Crippen LogP contribution in [0.2, 0.25) is 0 Å². The SMILES string of the molecule is CCCCc1nn(CC(=O)OCC)c(=O)n1CC1CCC(C2CCCCC2c2nn[nH]n2)CC1. The number of nitrogens with zero attached hydrogens (tertiary/aromatic N) is 6. The van der Waals surface area contributed by atoms with Gasteiger partial charge in [-0.25, -0.2) is 9.48 Å². The topological polar surface area (TPSA) is 121 Å². The van der Waals surface area contributed by atoms with Gasteiger partial charge in [-0.1, -0.05) is 31.4 Å². The first-order chi connectivity index (χ1) is 16.6. The third-order valence-corrected chi connectivity index (χ3v) is 7.79. The van der Waals surface area contributed by atoms with E-state index in [0.717, 1.165) is 50.2 Å². The molecule has 10 heteroatoms. The molecule has 4 rings (SSSR count). The van der Waals surface area contributed by atoms with Crippen molar-refractivity contribution in [2.45, 2.75) is 103 Å². The molecule has 34 heavy (non-hydrogen) atoms. The summed E-state index contributed by atoms with van der Waals surface area (Å²) in [5.41, 5.74) is -0.189. The number of H-pyrrole nitrogens is 1. The van der Waals surface area contributed by atoms with E-state index < -0.39 is 5.97 Å². The fourth-order valence-corrected chi connectivity index (χ4v) is 6.05. The Morgan fingerprint density at radius 1 is 1.12 bits per heavy atom. The lowest BCUT2D eigenvalue weighted by Crippen LogP contribution is -2.33. The molecule has 2 aliphatic carbocycles. The number of nitrogens with one attached hydrogen (secondary N) is 1. The number of ether oxygens (including phenoxy) is 1. The summed E-state index contributed by atoms with van der Waals surface area (Å²) in [4.78, 5) is 25.0. The lowest BCUT2D eigenvalue weighted by atomic mass is 9.66. The number of tetrazole rings is 1. The molecule has 0 amide bonds. The van der Waals surface area contributed by atoms with Gasteiger partial charge in [-0.15, -0.1) is 10.2 Å². The average Bonchev–Trinajstić information content (AvgIpc) is 3.48. The van der Waals surface area contributed by atoms with Gasteiger partial charge in [-0.05, 0) is 69.6 Å². The number of aromatic nitrogens is 7. The zero-order valence-corrected chi connectivity index (χ0v) is 20.6. The van der Waals surface area contributed by atoms with Crippen molar-refractivity contribution in [1.82, 2.24) is 35.0 Å². The molecule has 1 N–H and O–H groups in total. The van der Waals surface area contributed by atoms with Crippen LogP contribution in [0.1, 0.15) is 95.6 Å². The molecule has 2 aliphatic rings. The van der Waals surface area contributed by atoms with Crippen molar-refractivity contribution < 1.29 is 9.53 Å². The highest BCUT2D eigenvalue weighted by Crippen LogP contribution is 2.46. The van der Waals surface area contributed by atoms with E-state index in [0.29, 0.717) is 36.8 Å². The fraction of sp³-hybridized carbons (Fsp3) is 0.833. The van der Waals surface area contributed by atoms with Gasteiger partial charge in [0.05, 0.1) is 6.61 Å². The number of carbonyl (C=O) groups is 1. The first-order valence-corrected chi connectivity index (χ1v) is 13.2. The molecule has 0 spiro atoms. The molecule has 188 valence electrons. The van der Waals surface area contributed by atoms with Gasteiger partial charge in [0.15, 0.2) is 5.82 Å². The lowest BCUT2D eigenvalue weighted by molar-refractivity contribution is -0.144. The third-order valence-electron chi connectivity index (χ3n) is 7.79. The number of rotatable bonds is 10. The summed E-state index contributed by atoms with van der Waals surface area (Å²) in [6.45, 7) is 4.76. The normalized spacial score (nSPS) is 25.4. The molecule has 2 atom stereocenters. The highest BCUT2D eigenvalue weighted by atomic mass is 16.5. The molecule has 2 saturated carbocycles. The zero-order chi connectivity index (χ0) is 23.9. The molecule has 0 saturated heterocycles. The smallest absolute Gasteiger partial charge is 0.346 e. The van der Waals surface area contributed by atoms with Crippen molar-refractivity contribution in [2.24, 2.45) is 17.8 Å². The van der Waals surface area contributed by atoms with Crippen LogP contribution in [0.15, 0.2) is 4.79 Å². The van der Waals surface area contributed by atoms with E-state index in [1.807, 2.05) is 4.57 Å². The minimum atomic E-state index is -0.416. The average molecular weight is 474 g/mol. The Morgan fingerprint density at radius 3 is 2.62 bits per heavy atom. The van der Waals surface area contributed by atoms with E-state index in [-0.39, 0.29) is 12.2 Å². The number of esters is 1. The van der Waals surface area contributed by atoms with Crippen molar-refractivity contribution in [2.75, 3.05) is 6.61 Å². The van der Waals surface area contributed by atoms with E-state index in [4.69, 9.17) is 4.74 Å². The summed E-state index contributed by atoms with van der Waals surface area (Å²) in [7, 11) is 0. The Labute approximate surface area is 200 Å². The molecule has 0 bridgehead atoms. The summed E-state index contributed by atoms with van der Waals surface area (Å²) in [5, 5.41) is 19.5. The van der Waals surface area contributed by atoms with Crippen molar-refractivity contribution in [3.63, 3.8) is 0 Å². The number of hydrogen-bond donors (Lipinski definition) is 1. The van der Waals surface area contributed by atoms with Crippen LogP contribution in [0.25, 0.3) is 0 Å². The second-order valence-electron chi connectivity index (χ2n) is 9.98. The summed E-state index contributed by atoms with van der Waals surface area (Å²) < 4.78 is 8.13. The Bertz CT molecular complexity index is 960. The molecule has 2 aromatic rings. The number of aromatic amines is 1. The molecule has 2 heterocycles. The first kappa shape index (κ1) is 24.6. The van der Waals surface area contributed by atoms with E-state index >= 15 is 0 Å². The Morgan fingerprint density at radius 2 is 1.91 bits per heavy atom. The van der Waals surface area contributed by atoms with Gasteiger partial charge in [0.2, 0.25) is 0 Å². The maximum Gasteiger partial charge on any atom is 0.346 e. The van der Waals surface area contributed by atoms with Gasteiger partial charge in [0, 0.05) is 18.9 Å². The van der Waals surface area contributed by atoms with Crippen LogP contribution in [0.3, 0.4) is 0 Å². The van der Waals surface area contributed by atoms with E-state index in [1.54, 1.807) is 6.92 Å². The van der Waals surface area contributed by atoms with E-state index in [9.17, 15) is 9.59 Å². The van der Waals surface area contributed by atoms with Crippen LogP contribution in [-0.2, 0) is 29.0 Å². The Kier molecular flexibility index (Phi) is 8.50. The van der Waals surface area contributed by atoms with Gasteiger partial charge in [0.1, 0.15) is 12.4 Å². The summed E-state index contributed by atoms with van der Waals surface area (Å²) in [6, 6.07) is 0. The molecule has 10 nitrogen and oxygen atoms in total. The highest BCUT2D eigenvalue weighted by molar-refractivity contribution is 5.68. The van der Waals surface area contributed by atoms with Gasteiger partial charge < -0.3 is 4.74 Å². The van der Waals surface area contributed by atoms with Crippen molar-refractivity contribution in [3.8, 4) is 0 Å². The number of aryl methyl sites for hydroxylation is 1. The second-order valence-corrected chi connectivity index (χ2v) is 9.98. The minimum Gasteiger partial charge on any atom is -0.465 e. The van der Waals surface area contributed by atoms with Crippen LogP contribution < -0.4 is 5.69 Å². The molecule has 0 aromatic carbocycles. The molecule has 2 unspecified atom stereocenters. The Hall–Kier alpha value is -2.52. The lowest BCUT2D eigenvalue weighted by Gasteiger charge is -2.39. The standard InChI is InChI=1S/C24H39N7O3/c1-3-5-10-21-27-31(16-22(32)34-4-2)24(33)30(21)15-17-11-13-18(14-12-17)19-8-6-7-9-20(19)23-25-28-29-26-23/h17-20H,3-16H2,1-2H3,(H,25,26,28,29). The molecular weight excluding hydrogens is 434 g/mol. The van der Waals surface area contributed by atoms with Gasteiger partial charge in [-0.3, -0.25) is 9.36 Å². The highest BCUT2D eigenvalue weighted by Gasteiger charge is 2.37. The van der Waals surface area contributed by atoms with Gasteiger partial charge >= 0.3 is 11.7 Å². The predicted octanol–water partition coefficient (Wildman–Crippen LogP) is 3.24. The van der Waals surface area contributed by atoms with Gasteiger partial charge in [0.25, 0.3) is 0 Å². The Balaban J connectivity index is 1.40. The summed E-state index contributed by atoms with van der Waals surface area (Å²) in [5.74, 6) is 3.45. The third kappa shape index (κ3) is 5.75. The second kappa shape index (κ2) is 11.8. The van der Waals surface area contributed by atoms with E-state index in [1.165, 1.54) is 36.8 Å². The van der Waals surface area contributed by atoms with Crippen molar-refractivity contribution >= 4 is 5.97 Å². The summed E-state index contributed by atoms with van der Waals surface area (Å²) in [6.07, 6.45) is 12.3. The predicted molar refractivity (Wildman–Crippen MR) is 126 cm³/mol. The number of unbranched alkanes of at least 4 members (excludes halogenated alkanes) is 1. The van der Waals surface area contributed by atoms with E-state index in [2.05, 4.69) is 32.6 Å². The summed E-state index contributed by atoms with van der Waals surface area (Å²) >= 11 is 0. The number of hydrogen-bond acceptors (Lipinski definition) is 7. The van der Waals surface area contributed by atoms with Crippen molar-refractivity contribution in [1.29, 1.82) is 0 Å². The first-order valence-electron chi connectivity index (χ1n) is 13.2. The van der Waals surface area contributed by atoms with Crippen LogP contribution in [-0.4, -0.2) is 47.5 Å². The van der Waals surface area contributed by atoms with Crippen LogP contribution in [0.5, 0.6) is 0 Å². The molecule has 2 aromatic heterocycles. The molecule has 0 radical (unpaired) electrons. The van der Waals surface area contributed by atoms with Crippen LogP contribution in [0.4, 0.5) is 0 Å². The van der Waals surface area contributed by atoms with Crippen LogP contribution in [0, 0.1) is 17.8 Å². The minimum absolute atomic E-state index is 0.120. The maximum atomic E-state index is 13.1. The fourth-order valence-electron chi connectivity index (χ4n) is 6.05. The number of carbonyl (C=O) groups excluding carboxylic acids is 1. The zero-order valence-electron chi connectivity index (χ0n) is 20.6. The van der Waals surface area contributed by atoms with Crippen molar-refractivity contribution in [3.05, 3.63) is 22.1 Å². The van der Waals surface area contributed by atoms with Gasteiger partial charge in [-0.2, -0.15) is 10.3 Å². The maximum absolute atomic E-state index is 13.1. The van der Waals surface area contributed by atoms with Crippen LogP contribution >= 0.6 is 0 Å². The monoisotopic (exact) mass is 473 g/mol. The molecular formula is C24H39N7O3. The largest absolute Gasteiger partial charge is 0.465 e. The molecule has 0 aliphatic heterocycles. The molecule has 2 fully saturated rings. The quantitative estimate of drug-likeness (QED) is 0.526.